The van der Waals surface area contributed by atoms with Gasteiger partial charge in [0.2, 0.25) is 0 Å². The summed E-state index contributed by atoms with van der Waals surface area (Å²) in [6.07, 6.45) is 2.38. The molecule has 40 heavy (non-hydrogen) atoms. The van der Waals surface area contributed by atoms with Gasteiger partial charge in [-0.25, -0.2) is 9.97 Å². The van der Waals surface area contributed by atoms with Crippen LogP contribution in [-0.4, -0.2) is 43.7 Å². The molecule has 3 aromatic heterocycles. The maximum atomic E-state index is 12.4. The Morgan fingerprint density at radius 3 is 2.52 bits per heavy atom. The average Bonchev–Trinajstić information content (AvgIpc) is 3.65. The van der Waals surface area contributed by atoms with Crippen molar-refractivity contribution in [3.8, 4) is 11.5 Å². The average molecular weight is 565 g/mol. The van der Waals surface area contributed by atoms with Crippen molar-refractivity contribution in [3.05, 3.63) is 83.3 Å². The Morgan fingerprint density at radius 1 is 1.02 bits per heavy atom. The third-order valence-electron chi connectivity index (χ3n) is 6.27. The van der Waals surface area contributed by atoms with Crippen molar-refractivity contribution in [3.63, 3.8) is 0 Å². The maximum Gasteiger partial charge on any atom is 0.287 e. The van der Waals surface area contributed by atoms with Crippen LogP contribution in [0.5, 0.6) is 11.5 Å². The van der Waals surface area contributed by atoms with Crippen LogP contribution in [0.2, 0.25) is 0 Å². The van der Waals surface area contributed by atoms with E-state index in [1.807, 2.05) is 31.3 Å². The number of aromatic nitrogens is 2. The van der Waals surface area contributed by atoms with Gasteiger partial charge in [-0.1, -0.05) is 38.6 Å². The summed E-state index contributed by atoms with van der Waals surface area (Å²) in [6, 6.07) is 15.1. The molecule has 4 rings (SSSR count). The van der Waals surface area contributed by atoms with Crippen LogP contribution in [0, 0.1) is 0 Å². The van der Waals surface area contributed by atoms with Gasteiger partial charge in [0.15, 0.2) is 22.4 Å². The molecule has 9 nitrogen and oxygen atoms in total. The molecule has 3 heterocycles. The number of nitrogens with one attached hydrogen (secondary N) is 1. The van der Waals surface area contributed by atoms with E-state index in [4.69, 9.17) is 28.3 Å². The number of hydrogen-bond donors (Lipinski definition) is 1. The highest BCUT2D eigenvalue weighted by atomic mass is 32.2. The second-order valence-corrected chi connectivity index (χ2v) is 11.3. The zero-order valence-corrected chi connectivity index (χ0v) is 24.6. The van der Waals surface area contributed by atoms with E-state index in [1.165, 1.54) is 11.8 Å². The van der Waals surface area contributed by atoms with Crippen LogP contribution in [0.25, 0.3) is 0 Å². The van der Waals surface area contributed by atoms with E-state index in [0.29, 0.717) is 34.7 Å². The molecule has 0 aliphatic rings. The number of carbonyl (C=O) groups excluding carboxylic acids is 1. The molecule has 212 valence electrons. The van der Waals surface area contributed by atoms with Crippen LogP contribution in [0.3, 0.4) is 0 Å². The quantitative estimate of drug-likeness (QED) is 0.167. The number of hydrogen-bond acceptors (Lipinski definition) is 9. The minimum atomic E-state index is -0.294. The van der Waals surface area contributed by atoms with Crippen molar-refractivity contribution in [1.29, 1.82) is 0 Å². The number of nitrogens with zero attached hydrogens (tertiary/aromatic N) is 3. The van der Waals surface area contributed by atoms with Crippen LogP contribution in [0.1, 0.15) is 54.1 Å². The molecular weight excluding hydrogens is 528 g/mol. The SMILES string of the molecule is COc1ccc(CCN(C)c2cc(C(C)(C)C)nc(SCc3ccc(C(=O)NCc4ccco4)o3)n2)cc1OC. The summed E-state index contributed by atoms with van der Waals surface area (Å²) in [4.78, 5) is 24.2. The first-order chi connectivity index (χ1) is 19.2. The van der Waals surface area contributed by atoms with Crippen molar-refractivity contribution in [1.82, 2.24) is 15.3 Å². The van der Waals surface area contributed by atoms with Gasteiger partial charge in [-0.3, -0.25) is 4.79 Å². The predicted molar refractivity (Wildman–Crippen MR) is 155 cm³/mol. The van der Waals surface area contributed by atoms with E-state index in [0.717, 1.165) is 35.8 Å². The summed E-state index contributed by atoms with van der Waals surface area (Å²) >= 11 is 1.48. The Kier molecular flexibility index (Phi) is 9.42. The standard InChI is InChI=1S/C30H36N4O5S/c1-30(2,3)26-17-27(34(4)14-13-20-9-11-23(36-5)25(16-20)37-6)33-29(32-26)40-19-22-10-12-24(39-22)28(35)31-18-21-8-7-15-38-21/h7-12,15-17H,13-14,18-19H2,1-6H3,(H,31,35). The highest BCUT2D eigenvalue weighted by Gasteiger charge is 2.20. The van der Waals surface area contributed by atoms with Gasteiger partial charge in [-0.15, -0.1) is 0 Å². The molecule has 0 saturated carbocycles. The van der Waals surface area contributed by atoms with Crippen molar-refractivity contribution < 1.29 is 23.1 Å². The number of thioether (sulfide) groups is 1. The van der Waals surface area contributed by atoms with Crippen LogP contribution in [0.15, 0.2) is 68.8 Å². The third kappa shape index (κ3) is 7.59. The number of anilines is 1. The van der Waals surface area contributed by atoms with Gasteiger partial charge in [-0.2, -0.15) is 0 Å². The summed E-state index contributed by atoms with van der Waals surface area (Å²) in [5.41, 5.74) is 1.95. The number of amides is 1. The Labute approximate surface area is 239 Å². The molecule has 0 saturated heterocycles. The van der Waals surface area contributed by atoms with E-state index in [1.54, 1.807) is 44.7 Å². The van der Waals surface area contributed by atoms with Gasteiger partial charge >= 0.3 is 0 Å². The fraction of sp³-hybridized carbons (Fsp3) is 0.367. The lowest BCUT2D eigenvalue weighted by molar-refractivity contribution is 0.0919. The van der Waals surface area contributed by atoms with E-state index in [2.05, 4.69) is 31.0 Å². The van der Waals surface area contributed by atoms with E-state index in [9.17, 15) is 4.79 Å². The number of rotatable bonds is 12. The first-order valence-corrected chi connectivity index (χ1v) is 14.0. The summed E-state index contributed by atoms with van der Waals surface area (Å²) in [6.45, 7) is 7.47. The van der Waals surface area contributed by atoms with Crippen LogP contribution >= 0.6 is 11.8 Å². The number of benzene rings is 1. The highest BCUT2D eigenvalue weighted by Crippen LogP contribution is 2.30. The fourth-order valence-corrected chi connectivity index (χ4v) is 4.63. The van der Waals surface area contributed by atoms with Crippen molar-refractivity contribution >= 4 is 23.5 Å². The molecule has 1 amide bonds. The zero-order chi connectivity index (χ0) is 28.7. The maximum absolute atomic E-state index is 12.4. The molecule has 0 radical (unpaired) electrons. The minimum Gasteiger partial charge on any atom is -0.493 e. The molecule has 0 fully saturated rings. The first-order valence-electron chi connectivity index (χ1n) is 13.0. The van der Waals surface area contributed by atoms with Gasteiger partial charge in [0, 0.05) is 25.1 Å². The van der Waals surface area contributed by atoms with Gasteiger partial charge in [0.1, 0.15) is 17.3 Å². The molecular formula is C30H36N4O5S. The summed E-state index contributed by atoms with van der Waals surface area (Å²) in [5.74, 6) is 4.07. The summed E-state index contributed by atoms with van der Waals surface area (Å²) < 4.78 is 21.8. The van der Waals surface area contributed by atoms with Gasteiger partial charge in [0.05, 0.1) is 38.5 Å². The van der Waals surface area contributed by atoms with Crippen LogP contribution < -0.4 is 19.7 Å². The molecule has 0 bridgehead atoms. The molecule has 1 N–H and O–H groups in total. The summed E-state index contributed by atoms with van der Waals surface area (Å²) in [5, 5.41) is 3.44. The van der Waals surface area contributed by atoms with Gasteiger partial charge in [0.25, 0.3) is 5.91 Å². The lowest BCUT2D eigenvalue weighted by Gasteiger charge is -2.23. The highest BCUT2D eigenvalue weighted by molar-refractivity contribution is 7.98. The number of carbonyl (C=O) groups is 1. The van der Waals surface area contributed by atoms with Crippen molar-refractivity contribution in [2.24, 2.45) is 0 Å². The Morgan fingerprint density at radius 2 is 1.82 bits per heavy atom. The van der Waals surface area contributed by atoms with E-state index < -0.39 is 0 Å². The van der Waals surface area contributed by atoms with Crippen LogP contribution in [0.4, 0.5) is 5.82 Å². The summed E-state index contributed by atoms with van der Waals surface area (Å²) in [7, 11) is 5.31. The molecule has 0 aliphatic carbocycles. The number of likely N-dealkylation sites (N-methyl/N-ethyl adjacent to an activating group) is 1. The fourth-order valence-electron chi connectivity index (χ4n) is 3.89. The molecule has 0 unspecified atom stereocenters. The zero-order valence-electron chi connectivity index (χ0n) is 23.8. The minimum absolute atomic E-state index is 0.152. The molecule has 0 atom stereocenters. The third-order valence-corrected chi connectivity index (χ3v) is 7.14. The van der Waals surface area contributed by atoms with Crippen molar-refractivity contribution in [2.45, 2.75) is 50.1 Å². The second-order valence-electron chi connectivity index (χ2n) is 10.3. The topological polar surface area (TPSA) is 103 Å². The van der Waals surface area contributed by atoms with Crippen LogP contribution in [-0.2, 0) is 24.1 Å². The lowest BCUT2D eigenvalue weighted by Crippen LogP contribution is -2.23. The van der Waals surface area contributed by atoms with E-state index >= 15 is 0 Å². The molecule has 10 heteroatoms. The van der Waals surface area contributed by atoms with Gasteiger partial charge in [-0.05, 0) is 48.4 Å². The predicted octanol–water partition coefficient (Wildman–Crippen LogP) is 5.88. The number of furan rings is 2. The first kappa shape index (κ1) is 29.1. The Hall–Kier alpha value is -3.92. The van der Waals surface area contributed by atoms with E-state index in [-0.39, 0.29) is 17.1 Å². The number of methoxy groups -OCH3 is 2. The monoisotopic (exact) mass is 564 g/mol. The van der Waals surface area contributed by atoms with Gasteiger partial charge < -0.3 is 28.5 Å². The smallest absolute Gasteiger partial charge is 0.287 e. The largest absolute Gasteiger partial charge is 0.493 e. The molecule has 4 aromatic rings. The second kappa shape index (κ2) is 13.0. The Balaban J connectivity index is 1.41. The number of ether oxygens (including phenoxy) is 2. The molecule has 0 spiro atoms. The Bertz CT molecular complexity index is 1410. The molecule has 1 aromatic carbocycles. The lowest BCUT2D eigenvalue weighted by atomic mass is 9.92. The normalized spacial score (nSPS) is 11.3. The molecule has 0 aliphatic heterocycles. The van der Waals surface area contributed by atoms with Crippen molar-refractivity contribution in [2.75, 3.05) is 32.7 Å².